The molecule has 3 rings (SSSR count). The van der Waals surface area contributed by atoms with Crippen LogP contribution in [0.3, 0.4) is 0 Å². The zero-order valence-electron chi connectivity index (χ0n) is 11.8. The number of nitrogens with zero attached hydrogens (tertiary/aromatic N) is 2. The van der Waals surface area contributed by atoms with Gasteiger partial charge in [-0.15, -0.1) is 0 Å². The lowest BCUT2D eigenvalue weighted by Gasteiger charge is -2.08. The molecule has 0 saturated carbocycles. The van der Waals surface area contributed by atoms with Gasteiger partial charge >= 0.3 is 0 Å². The van der Waals surface area contributed by atoms with Crippen molar-refractivity contribution in [2.45, 2.75) is 26.0 Å². The summed E-state index contributed by atoms with van der Waals surface area (Å²) in [5.74, 6) is 0.861. The summed E-state index contributed by atoms with van der Waals surface area (Å²) in [6.45, 7) is 2.54. The average Bonchev–Trinajstić information content (AvgIpc) is 2.93. The Balaban J connectivity index is 1.63. The van der Waals surface area contributed by atoms with Crippen molar-refractivity contribution < 1.29 is 4.74 Å². The minimum atomic E-state index is 0.176. The number of hydrogen-bond donors (Lipinski definition) is 1. The predicted octanol–water partition coefficient (Wildman–Crippen LogP) is 3.16. The maximum Gasteiger partial charge on any atom is 0.119 e. The van der Waals surface area contributed by atoms with Gasteiger partial charge in [-0.05, 0) is 48.7 Å². The predicted molar refractivity (Wildman–Crippen MR) is 85.5 cm³/mol. The molecular weight excluding hydrogens is 282 g/mol. The Kier molecular flexibility index (Phi) is 4.13. The number of ether oxygens (including phenoxy) is 1. The lowest BCUT2D eigenvalue weighted by atomic mass is 10.1. The minimum absolute atomic E-state index is 0.176. The van der Waals surface area contributed by atoms with Crippen LogP contribution in [0.4, 0.5) is 0 Å². The van der Waals surface area contributed by atoms with Crippen molar-refractivity contribution in [3.8, 4) is 5.75 Å². The molecule has 0 spiro atoms. The van der Waals surface area contributed by atoms with Gasteiger partial charge < -0.3 is 10.5 Å². The highest BCUT2D eigenvalue weighted by atomic mass is 32.1. The third-order valence-electron chi connectivity index (χ3n) is 3.20. The molecule has 0 radical (unpaired) electrons. The van der Waals surface area contributed by atoms with Gasteiger partial charge in [-0.25, -0.2) is 0 Å². The van der Waals surface area contributed by atoms with E-state index in [4.69, 9.17) is 10.5 Å². The Morgan fingerprint density at radius 3 is 2.52 bits per heavy atom. The molecule has 1 atom stereocenters. The summed E-state index contributed by atoms with van der Waals surface area (Å²) in [5.41, 5.74) is 9.97. The van der Waals surface area contributed by atoms with Gasteiger partial charge in [0, 0.05) is 6.04 Å². The average molecular weight is 299 g/mol. The summed E-state index contributed by atoms with van der Waals surface area (Å²) in [6, 6.07) is 14.3. The molecule has 3 aromatic rings. The van der Waals surface area contributed by atoms with Gasteiger partial charge in [-0.2, -0.15) is 8.75 Å². The molecule has 1 unspecified atom stereocenters. The van der Waals surface area contributed by atoms with Gasteiger partial charge in [0.15, 0.2) is 0 Å². The highest BCUT2D eigenvalue weighted by Gasteiger charge is 2.02. The van der Waals surface area contributed by atoms with Crippen LogP contribution in [-0.2, 0) is 13.0 Å². The molecule has 1 aromatic heterocycles. The Hall–Kier alpha value is -1.98. The quantitative estimate of drug-likeness (QED) is 0.786. The second kappa shape index (κ2) is 6.20. The zero-order valence-corrected chi connectivity index (χ0v) is 12.6. The van der Waals surface area contributed by atoms with Crippen LogP contribution in [0.15, 0.2) is 42.5 Å². The van der Waals surface area contributed by atoms with Crippen molar-refractivity contribution in [3.05, 3.63) is 53.6 Å². The summed E-state index contributed by atoms with van der Waals surface area (Å²) >= 11 is 1.23. The van der Waals surface area contributed by atoms with Gasteiger partial charge in [0.1, 0.15) is 23.4 Å². The lowest BCUT2D eigenvalue weighted by molar-refractivity contribution is 0.306. The first-order valence-corrected chi connectivity index (χ1v) is 7.62. The van der Waals surface area contributed by atoms with Crippen LogP contribution < -0.4 is 10.5 Å². The van der Waals surface area contributed by atoms with E-state index in [1.54, 1.807) is 0 Å². The van der Waals surface area contributed by atoms with Crippen LogP contribution in [0, 0.1) is 0 Å². The van der Waals surface area contributed by atoms with E-state index in [-0.39, 0.29) is 6.04 Å². The van der Waals surface area contributed by atoms with E-state index < -0.39 is 0 Å². The third-order valence-corrected chi connectivity index (χ3v) is 3.76. The number of fused-ring (bicyclic) bond motifs is 1. The van der Waals surface area contributed by atoms with Gasteiger partial charge in [0.05, 0.1) is 11.7 Å². The first-order valence-electron chi connectivity index (χ1n) is 6.89. The molecule has 0 bridgehead atoms. The first kappa shape index (κ1) is 14.0. The molecule has 0 aliphatic rings. The van der Waals surface area contributed by atoms with Gasteiger partial charge in [-0.3, -0.25) is 0 Å². The van der Waals surface area contributed by atoms with Gasteiger partial charge in [-0.1, -0.05) is 18.2 Å². The van der Waals surface area contributed by atoms with Crippen LogP contribution in [0.2, 0.25) is 0 Å². The Bertz CT molecular complexity index is 722. The second-order valence-electron chi connectivity index (χ2n) is 5.20. The smallest absolute Gasteiger partial charge is 0.119 e. The zero-order chi connectivity index (χ0) is 14.7. The van der Waals surface area contributed by atoms with Gasteiger partial charge in [0.25, 0.3) is 0 Å². The van der Waals surface area contributed by atoms with Crippen molar-refractivity contribution in [3.63, 3.8) is 0 Å². The van der Waals surface area contributed by atoms with Crippen molar-refractivity contribution in [2.75, 3.05) is 0 Å². The van der Waals surface area contributed by atoms with Crippen molar-refractivity contribution in [2.24, 2.45) is 5.73 Å². The van der Waals surface area contributed by atoms with E-state index >= 15 is 0 Å². The molecule has 108 valence electrons. The summed E-state index contributed by atoms with van der Waals surface area (Å²) < 4.78 is 14.2. The number of aromatic nitrogens is 2. The lowest BCUT2D eigenvalue weighted by Crippen LogP contribution is -2.17. The normalized spacial score (nSPS) is 12.5. The van der Waals surface area contributed by atoms with Crippen LogP contribution in [-0.4, -0.2) is 14.8 Å². The molecule has 21 heavy (non-hydrogen) atoms. The number of nitrogens with two attached hydrogens (primary N) is 1. The Morgan fingerprint density at radius 1 is 1.05 bits per heavy atom. The molecule has 0 amide bonds. The van der Waals surface area contributed by atoms with E-state index in [2.05, 4.69) is 20.9 Å². The standard InChI is InChI=1S/C16H17N3OS/c1-11(17)8-12-2-5-14(6-3-12)20-10-13-4-7-15-16(9-13)19-21-18-15/h2-7,9,11H,8,10,17H2,1H3. The highest BCUT2D eigenvalue weighted by Crippen LogP contribution is 2.17. The summed E-state index contributed by atoms with van der Waals surface area (Å²) in [4.78, 5) is 0. The number of rotatable bonds is 5. The van der Waals surface area contributed by atoms with E-state index in [0.717, 1.165) is 28.8 Å². The summed E-state index contributed by atoms with van der Waals surface area (Å²) in [7, 11) is 0. The monoisotopic (exact) mass is 299 g/mol. The molecule has 0 aliphatic carbocycles. The molecular formula is C16H17N3OS. The number of benzene rings is 2. The van der Waals surface area contributed by atoms with Crippen molar-refractivity contribution in [1.82, 2.24) is 8.75 Å². The summed E-state index contributed by atoms with van der Waals surface area (Å²) in [5, 5.41) is 0. The van der Waals surface area contributed by atoms with Crippen LogP contribution in [0.1, 0.15) is 18.1 Å². The SMILES string of the molecule is CC(N)Cc1ccc(OCc2ccc3nsnc3c2)cc1. The van der Waals surface area contributed by atoms with Crippen LogP contribution >= 0.6 is 11.7 Å². The van der Waals surface area contributed by atoms with E-state index in [9.17, 15) is 0 Å². The third kappa shape index (κ3) is 3.56. The Morgan fingerprint density at radius 2 is 1.76 bits per heavy atom. The van der Waals surface area contributed by atoms with Crippen molar-refractivity contribution >= 4 is 22.8 Å². The van der Waals surface area contributed by atoms with Crippen molar-refractivity contribution in [1.29, 1.82) is 0 Å². The van der Waals surface area contributed by atoms with E-state index in [1.807, 2.05) is 37.3 Å². The van der Waals surface area contributed by atoms with Gasteiger partial charge in [0.2, 0.25) is 0 Å². The molecule has 0 aliphatic heterocycles. The maximum atomic E-state index is 5.80. The van der Waals surface area contributed by atoms with Crippen LogP contribution in [0.25, 0.3) is 11.0 Å². The fourth-order valence-electron chi connectivity index (χ4n) is 2.18. The topological polar surface area (TPSA) is 61.0 Å². The second-order valence-corrected chi connectivity index (χ2v) is 5.73. The van der Waals surface area contributed by atoms with E-state index in [1.165, 1.54) is 17.3 Å². The molecule has 2 aromatic carbocycles. The highest BCUT2D eigenvalue weighted by molar-refractivity contribution is 7.00. The molecule has 0 fully saturated rings. The molecule has 1 heterocycles. The molecule has 5 heteroatoms. The minimum Gasteiger partial charge on any atom is -0.489 e. The number of hydrogen-bond acceptors (Lipinski definition) is 5. The Labute approximate surface area is 127 Å². The summed E-state index contributed by atoms with van der Waals surface area (Å²) in [6.07, 6.45) is 0.883. The fraction of sp³-hybridized carbons (Fsp3) is 0.250. The maximum absolute atomic E-state index is 5.80. The largest absolute Gasteiger partial charge is 0.489 e. The fourth-order valence-corrected chi connectivity index (χ4v) is 2.70. The molecule has 4 nitrogen and oxygen atoms in total. The first-order chi connectivity index (χ1) is 10.2. The van der Waals surface area contributed by atoms with Crippen LogP contribution in [0.5, 0.6) is 5.75 Å². The molecule has 0 saturated heterocycles. The van der Waals surface area contributed by atoms with E-state index in [0.29, 0.717) is 6.61 Å². The molecule has 2 N–H and O–H groups in total.